The Morgan fingerprint density at radius 1 is 1.00 bits per heavy atom. The van der Waals surface area contributed by atoms with Crippen LogP contribution in [0.25, 0.3) is 17.1 Å². The molecule has 0 bridgehead atoms. The van der Waals surface area contributed by atoms with Crippen LogP contribution < -0.4 is 10.1 Å². The van der Waals surface area contributed by atoms with Gasteiger partial charge in [0.2, 0.25) is 5.91 Å². The number of carbonyl (C=O) groups is 1. The molecule has 1 heterocycles. The number of nitrogens with one attached hydrogen (secondary N) is 1. The second-order valence-electron chi connectivity index (χ2n) is 6.55. The number of anilines is 1. The summed E-state index contributed by atoms with van der Waals surface area (Å²) in [4.78, 5) is 12.4. The molecule has 0 aliphatic heterocycles. The van der Waals surface area contributed by atoms with Crippen LogP contribution in [0.1, 0.15) is 0 Å². The van der Waals surface area contributed by atoms with Gasteiger partial charge in [-0.05, 0) is 60.7 Å². The summed E-state index contributed by atoms with van der Waals surface area (Å²) in [5, 5.41) is 12.0. The molecule has 0 aliphatic rings. The number of ether oxygens (including phenoxy) is 1. The third kappa shape index (κ3) is 4.92. The number of halogens is 1. The van der Waals surface area contributed by atoms with E-state index >= 15 is 0 Å². The van der Waals surface area contributed by atoms with Gasteiger partial charge in [-0.1, -0.05) is 30.0 Å². The van der Waals surface area contributed by atoms with Crippen molar-refractivity contribution in [3.05, 3.63) is 84.7 Å². The highest BCUT2D eigenvalue weighted by Gasteiger charge is 2.17. The van der Waals surface area contributed by atoms with Gasteiger partial charge in [0.25, 0.3) is 0 Å². The highest BCUT2D eigenvalue weighted by atomic mass is 32.2. The summed E-state index contributed by atoms with van der Waals surface area (Å²) in [7, 11) is 1.62. The van der Waals surface area contributed by atoms with Crippen molar-refractivity contribution in [3.63, 3.8) is 0 Å². The van der Waals surface area contributed by atoms with Crippen LogP contribution in [0.2, 0.25) is 0 Å². The van der Waals surface area contributed by atoms with E-state index in [2.05, 4.69) is 15.5 Å². The molecule has 4 aromatic rings. The first kappa shape index (κ1) is 20.6. The summed E-state index contributed by atoms with van der Waals surface area (Å²) >= 11 is 1.27. The van der Waals surface area contributed by atoms with Crippen LogP contribution in [0.5, 0.6) is 5.75 Å². The molecule has 6 nitrogen and oxygen atoms in total. The van der Waals surface area contributed by atoms with Gasteiger partial charge in [0.05, 0.1) is 12.9 Å². The number of methoxy groups -OCH3 is 1. The smallest absolute Gasteiger partial charge is 0.234 e. The maximum atomic E-state index is 13.0. The van der Waals surface area contributed by atoms with Crippen molar-refractivity contribution in [1.82, 2.24) is 14.8 Å². The maximum Gasteiger partial charge on any atom is 0.234 e. The number of hydrogen-bond acceptors (Lipinski definition) is 5. The third-order valence-electron chi connectivity index (χ3n) is 4.46. The highest BCUT2D eigenvalue weighted by molar-refractivity contribution is 7.99. The molecular formula is C23H19FN4O2S. The number of hydrogen-bond donors (Lipinski definition) is 1. The van der Waals surface area contributed by atoms with Gasteiger partial charge in [-0.2, -0.15) is 0 Å². The van der Waals surface area contributed by atoms with E-state index < -0.39 is 0 Å². The Hall–Kier alpha value is -3.65. The van der Waals surface area contributed by atoms with Gasteiger partial charge < -0.3 is 10.1 Å². The van der Waals surface area contributed by atoms with Crippen LogP contribution in [-0.4, -0.2) is 33.5 Å². The van der Waals surface area contributed by atoms with E-state index in [0.29, 0.717) is 16.7 Å². The molecule has 0 fully saturated rings. The Morgan fingerprint density at radius 3 is 2.39 bits per heavy atom. The van der Waals surface area contributed by atoms with Crippen LogP contribution >= 0.6 is 11.8 Å². The van der Waals surface area contributed by atoms with Crippen LogP contribution in [0, 0.1) is 5.82 Å². The fourth-order valence-electron chi connectivity index (χ4n) is 2.96. The van der Waals surface area contributed by atoms with E-state index in [1.165, 1.54) is 36.0 Å². The number of rotatable bonds is 7. The van der Waals surface area contributed by atoms with Crippen molar-refractivity contribution in [2.24, 2.45) is 0 Å². The fourth-order valence-corrected chi connectivity index (χ4v) is 3.71. The van der Waals surface area contributed by atoms with E-state index in [1.807, 2.05) is 59.2 Å². The van der Waals surface area contributed by atoms with Gasteiger partial charge in [0.15, 0.2) is 11.0 Å². The van der Waals surface area contributed by atoms with E-state index in [9.17, 15) is 9.18 Å². The number of carbonyl (C=O) groups excluding carboxylic acids is 1. The molecule has 0 spiro atoms. The summed E-state index contributed by atoms with van der Waals surface area (Å²) in [6.45, 7) is 0. The van der Waals surface area contributed by atoms with Crippen LogP contribution in [0.4, 0.5) is 10.1 Å². The number of amides is 1. The molecule has 4 rings (SSSR count). The van der Waals surface area contributed by atoms with Crippen molar-refractivity contribution in [3.8, 4) is 22.8 Å². The van der Waals surface area contributed by atoms with Crippen molar-refractivity contribution in [2.75, 3.05) is 18.2 Å². The second kappa shape index (κ2) is 9.44. The Balaban J connectivity index is 1.57. The van der Waals surface area contributed by atoms with Gasteiger partial charge in [-0.3, -0.25) is 9.36 Å². The maximum absolute atomic E-state index is 13.0. The lowest BCUT2D eigenvalue weighted by molar-refractivity contribution is -0.113. The summed E-state index contributed by atoms with van der Waals surface area (Å²) in [5.74, 6) is 0.974. The van der Waals surface area contributed by atoms with Crippen LogP contribution in [0.15, 0.2) is 84.0 Å². The van der Waals surface area contributed by atoms with E-state index in [-0.39, 0.29) is 17.5 Å². The molecule has 8 heteroatoms. The lowest BCUT2D eigenvalue weighted by Crippen LogP contribution is -2.14. The zero-order valence-electron chi connectivity index (χ0n) is 16.7. The zero-order chi connectivity index (χ0) is 21.6. The Bertz CT molecular complexity index is 1160. The first-order valence-electron chi connectivity index (χ1n) is 9.47. The molecule has 0 aliphatic carbocycles. The average molecular weight is 434 g/mol. The largest absolute Gasteiger partial charge is 0.497 e. The molecule has 0 unspecified atom stereocenters. The normalized spacial score (nSPS) is 10.6. The van der Waals surface area contributed by atoms with E-state index in [4.69, 9.17) is 4.74 Å². The number of para-hydroxylation sites is 1. The minimum Gasteiger partial charge on any atom is -0.497 e. The van der Waals surface area contributed by atoms with Gasteiger partial charge in [0, 0.05) is 16.9 Å². The monoisotopic (exact) mass is 434 g/mol. The Labute approximate surface area is 183 Å². The van der Waals surface area contributed by atoms with Gasteiger partial charge in [-0.15, -0.1) is 10.2 Å². The molecule has 1 amide bonds. The minimum absolute atomic E-state index is 0.130. The summed E-state index contributed by atoms with van der Waals surface area (Å²) < 4.78 is 20.2. The van der Waals surface area contributed by atoms with E-state index in [1.54, 1.807) is 7.11 Å². The molecule has 0 saturated heterocycles. The molecular weight excluding hydrogens is 415 g/mol. The fraction of sp³-hybridized carbons (Fsp3) is 0.0870. The quantitative estimate of drug-likeness (QED) is 0.423. The number of thioether (sulfide) groups is 1. The second-order valence-corrected chi connectivity index (χ2v) is 7.49. The minimum atomic E-state index is -0.352. The van der Waals surface area contributed by atoms with Gasteiger partial charge in [0.1, 0.15) is 11.6 Å². The SMILES string of the molecule is COc1ccc(-c2nnc(SCC(=O)Nc3ccc(F)cc3)n2-c2ccccc2)cc1. The van der Waals surface area contributed by atoms with Crippen molar-refractivity contribution in [2.45, 2.75) is 5.16 Å². The Kier molecular flexibility index (Phi) is 6.28. The number of nitrogens with zero attached hydrogens (tertiary/aromatic N) is 3. The molecule has 3 aromatic carbocycles. The van der Waals surface area contributed by atoms with Crippen molar-refractivity contribution >= 4 is 23.4 Å². The zero-order valence-corrected chi connectivity index (χ0v) is 17.5. The van der Waals surface area contributed by atoms with Crippen molar-refractivity contribution < 1.29 is 13.9 Å². The lowest BCUT2D eigenvalue weighted by atomic mass is 10.2. The highest BCUT2D eigenvalue weighted by Crippen LogP contribution is 2.29. The van der Waals surface area contributed by atoms with Gasteiger partial charge in [-0.25, -0.2) is 4.39 Å². The Morgan fingerprint density at radius 2 is 1.71 bits per heavy atom. The molecule has 1 aromatic heterocycles. The topological polar surface area (TPSA) is 69.0 Å². The van der Waals surface area contributed by atoms with E-state index in [0.717, 1.165) is 17.0 Å². The van der Waals surface area contributed by atoms with Crippen LogP contribution in [-0.2, 0) is 4.79 Å². The van der Waals surface area contributed by atoms with Crippen molar-refractivity contribution in [1.29, 1.82) is 0 Å². The molecule has 0 saturated carbocycles. The standard InChI is InChI=1S/C23H19FN4O2S/c1-30-20-13-7-16(8-14-20)22-26-27-23(28(22)19-5-3-2-4-6-19)31-15-21(29)25-18-11-9-17(24)10-12-18/h2-14H,15H2,1H3,(H,25,29). The molecule has 0 radical (unpaired) electrons. The summed E-state index contributed by atoms with van der Waals surface area (Å²) in [6, 6.07) is 22.9. The molecule has 31 heavy (non-hydrogen) atoms. The lowest BCUT2D eigenvalue weighted by Gasteiger charge is -2.11. The predicted molar refractivity (Wildman–Crippen MR) is 119 cm³/mol. The van der Waals surface area contributed by atoms with Gasteiger partial charge >= 0.3 is 0 Å². The molecule has 0 atom stereocenters. The molecule has 1 N–H and O–H groups in total. The first-order chi connectivity index (χ1) is 15.1. The predicted octanol–water partition coefficient (Wildman–Crippen LogP) is 4.81. The van der Waals surface area contributed by atoms with Crippen LogP contribution in [0.3, 0.4) is 0 Å². The number of benzene rings is 3. The summed E-state index contributed by atoms with van der Waals surface area (Å²) in [6.07, 6.45) is 0. The average Bonchev–Trinajstić information content (AvgIpc) is 3.24. The third-order valence-corrected chi connectivity index (χ3v) is 5.39. The number of aromatic nitrogens is 3. The summed E-state index contributed by atoms with van der Waals surface area (Å²) in [5.41, 5.74) is 2.30. The first-order valence-corrected chi connectivity index (χ1v) is 10.5. The molecule has 156 valence electrons.